The second-order valence-electron chi connectivity index (χ2n) is 4.05. The Hall–Kier alpha value is -2.30. The molecule has 1 aromatic heterocycles. The Morgan fingerprint density at radius 3 is 2.61 bits per heavy atom. The second kappa shape index (κ2) is 4.18. The summed E-state index contributed by atoms with van der Waals surface area (Å²) in [5, 5.41) is 19.5. The van der Waals surface area contributed by atoms with Crippen LogP contribution >= 0.6 is 0 Å². The van der Waals surface area contributed by atoms with Crippen LogP contribution in [0.3, 0.4) is 0 Å². The highest BCUT2D eigenvalue weighted by molar-refractivity contribution is 5.99. The zero-order valence-corrected chi connectivity index (χ0v) is 10.1. The van der Waals surface area contributed by atoms with Crippen molar-refractivity contribution in [1.29, 1.82) is 0 Å². The minimum atomic E-state index is -1.41. The monoisotopic (exact) mass is 247 g/mol. The molecule has 2 aromatic rings. The number of carboxylic acids is 1. The maximum Gasteiger partial charge on any atom is 0.345 e. The number of nitrogens with zero attached hydrogens (tertiary/aromatic N) is 1. The van der Waals surface area contributed by atoms with E-state index in [4.69, 9.17) is 5.11 Å². The number of hydrogen-bond donors (Lipinski definition) is 2. The van der Waals surface area contributed by atoms with Gasteiger partial charge in [-0.3, -0.25) is 4.79 Å². The third-order valence-electron chi connectivity index (χ3n) is 3.00. The first-order valence-corrected chi connectivity index (χ1v) is 5.57. The first-order valence-electron chi connectivity index (χ1n) is 5.57. The lowest BCUT2D eigenvalue weighted by Crippen LogP contribution is -2.26. The topological polar surface area (TPSA) is 79.5 Å². The molecule has 0 amide bonds. The summed E-state index contributed by atoms with van der Waals surface area (Å²) in [6, 6.07) is 5.22. The Morgan fingerprint density at radius 1 is 1.39 bits per heavy atom. The molecule has 0 aliphatic rings. The fraction of sp³-hybridized carbons (Fsp3) is 0.231. The molecule has 0 aliphatic heterocycles. The number of benzene rings is 1. The highest BCUT2D eigenvalue weighted by Crippen LogP contribution is 2.29. The molecule has 0 unspecified atom stereocenters. The van der Waals surface area contributed by atoms with E-state index in [9.17, 15) is 14.7 Å². The van der Waals surface area contributed by atoms with Crippen molar-refractivity contribution in [2.75, 3.05) is 0 Å². The SMILES string of the molecule is CCn1c(=O)c(C(=O)O)c(O)c2c(C)cccc21. The average Bonchev–Trinajstić information content (AvgIpc) is 2.28. The summed E-state index contributed by atoms with van der Waals surface area (Å²) in [7, 11) is 0. The van der Waals surface area contributed by atoms with Gasteiger partial charge in [-0.2, -0.15) is 0 Å². The van der Waals surface area contributed by atoms with Crippen LogP contribution in [0.4, 0.5) is 0 Å². The Bertz CT molecular complexity index is 700. The smallest absolute Gasteiger partial charge is 0.345 e. The number of rotatable bonds is 2. The number of pyridine rings is 1. The van der Waals surface area contributed by atoms with E-state index in [0.29, 0.717) is 17.4 Å². The molecule has 1 heterocycles. The quantitative estimate of drug-likeness (QED) is 0.847. The molecule has 0 saturated carbocycles. The predicted molar refractivity (Wildman–Crippen MR) is 67.2 cm³/mol. The molecule has 2 N–H and O–H groups in total. The number of aromatic carboxylic acids is 1. The molecule has 2 rings (SSSR count). The van der Waals surface area contributed by atoms with Crippen molar-refractivity contribution in [3.63, 3.8) is 0 Å². The van der Waals surface area contributed by atoms with Crippen LogP contribution in [0.2, 0.25) is 0 Å². The number of carbonyl (C=O) groups is 1. The lowest BCUT2D eigenvalue weighted by molar-refractivity contribution is 0.0691. The van der Waals surface area contributed by atoms with Gasteiger partial charge in [-0.1, -0.05) is 12.1 Å². The lowest BCUT2D eigenvalue weighted by atomic mass is 10.1. The van der Waals surface area contributed by atoms with Crippen LogP contribution < -0.4 is 5.56 Å². The summed E-state index contributed by atoms with van der Waals surface area (Å²) in [6.45, 7) is 3.86. The van der Waals surface area contributed by atoms with Gasteiger partial charge in [0.2, 0.25) is 0 Å². The van der Waals surface area contributed by atoms with Crippen molar-refractivity contribution in [2.24, 2.45) is 0 Å². The van der Waals surface area contributed by atoms with Crippen molar-refractivity contribution in [1.82, 2.24) is 4.57 Å². The summed E-state index contributed by atoms with van der Waals surface area (Å²) in [6.07, 6.45) is 0. The number of aromatic nitrogens is 1. The van der Waals surface area contributed by atoms with Gasteiger partial charge in [-0.15, -0.1) is 0 Å². The summed E-state index contributed by atoms with van der Waals surface area (Å²) >= 11 is 0. The van der Waals surface area contributed by atoms with E-state index in [0.717, 1.165) is 5.56 Å². The maximum atomic E-state index is 12.0. The largest absolute Gasteiger partial charge is 0.506 e. The fourth-order valence-electron chi connectivity index (χ4n) is 2.16. The van der Waals surface area contributed by atoms with Gasteiger partial charge in [0.15, 0.2) is 5.56 Å². The van der Waals surface area contributed by atoms with Gasteiger partial charge in [0.25, 0.3) is 5.56 Å². The van der Waals surface area contributed by atoms with Crippen LogP contribution in [0.25, 0.3) is 10.9 Å². The van der Waals surface area contributed by atoms with Gasteiger partial charge < -0.3 is 14.8 Å². The van der Waals surface area contributed by atoms with E-state index < -0.39 is 22.8 Å². The third-order valence-corrected chi connectivity index (χ3v) is 3.00. The molecular formula is C13H13NO4. The first-order chi connectivity index (χ1) is 8.49. The van der Waals surface area contributed by atoms with Crippen LogP contribution in [0.1, 0.15) is 22.8 Å². The lowest BCUT2D eigenvalue weighted by Gasteiger charge is -2.13. The van der Waals surface area contributed by atoms with Crippen LogP contribution in [-0.4, -0.2) is 20.7 Å². The van der Waals surface area contributed by atoms with Gasteiger partial charge in [0.1, 0.15) is 5.75 Å². The number of aryl methyl sites for hydroxylation is 2. The average molecular weight is 247 g/mol. The number of aromatic hydroxyl groups is 1. The second-order valence-corrected chi connectivity index (χ2v) is 4.05. The molecule has 5 heteroatoms. The number of hydrogen-bond acceptors (Lipinski definition) is 3. The van der Waals surface area contributed by atoms with Crippen molar-refractivity contribution >= 4 is 16.9 Å². The molecule has 0 fully saturated rings. The zero-order valence-electron chi connectivity index (χ0n) is 10.1. The van der Waals surface area contributed by atoms with Gasteiger partial charge in [-0.25, -0.2) is 4.79 Å². The molecule has 0 aliphatic carbocycles. The van der Waals surface area contributed by atoms with E-state index in [-0.39, 0.29) is 0 Å². The van der Waals surface area contributed by atoms with Gasteiger partial charge in [-0.05, 0) is 25.5 Å². The minimum absolute atomic E-state index is 0.347. The molecule has 1 aromatic carbocycles. The Balaban J connectivity index is 3.12. The normalized spacial score (nSPS) is 10.8. The summed E-state index contributed by atoms with van der Waals surface area (Å²) < 4.78 is 1.35. The highest BCUT2D eigenvalue weighted by atomic mass is 16.4. The first kappa shape index (κ1) is 12.2. The molecule has 0 bridgehead atoms. The molecular weight excluding hydrogens is 234 g/mol. The van der Waals surface area contributed by atoms with Crippen molar-refractivity contribution in [3.8, 4) is 5.75 Å². The summed E-state index contributed by atoms with van der Waals surface area (Å²) in [5.41, 5.74) is 0.0268. The van der Waals surface area contributed by atoms with Crippen molar-refractivity contribution in [2.45, 2.75) is 20.4 Å². The third kappa shape index (κ3) is 1.55. The van der Waals surface area contributed by atoms with E-state index >= 15 is 0 Å². The van der Waals surface area contributed by atoms with E-state index in [2.05, 4.69) is 0 Å². The molecule has 0 atom stereocenters. The van der Waals surface area contributed by atoms with Crippen molar-refractivity contribution < 1.29 is 15.0 Å². The van der Waals surface area contributed by atoms with Crippen LogP contribution in [0.5, 0.6) is 5.75 Å². The Kier molecular flexibility index (Phi) is 2.82. The minimum Gasteiger partial charge on any atom is -0.506 e. The molecule has 0 spiro atoms. The Labute approximate surface area is 103 Å². The standard InChI is InChI=1S/C13H13NO4/c1-3-14-8-6-4-5-7(2)9(8)11(15)10(12(14)16)13(17)18/h4-6,15H,3H2,1-2H3,(H,17,18). The summed E-state index contributed by atoms with van der Waals surface area (Å²) in [5.74, 6) is -1.87. The predicted octanol–water partition coefficient (Wildman–Crippen LogP) is 1.73. The van der Waals surface area contributed by atoms with Crippen molar-refractivity contribution in [3.05, 3.63) is 39.7 Å². The Morgan fingerprint density at radius 2 is 2.06 bits per heavy atom. The number of carboxylic acid groups (broad SMARTS) is 1. The zero-order chi connectivity index (χ0) is 13.4. The molecule has 0 radical (unpaired) electrons. The maximum absolute atomic E-state index is 12.0. The molecule has 5 nitrogen and oxygen atoms in total. The molecule has 0 saturated heterocycles. The van der Waals surface area contributed by atoms with Gasteiger partial charge >= 0.3 is 5.97 Å². The van der Waals surface area contributed by atoms with E-state index in [1.807, 2.05) is 0 Å². The number of fused-ring (bicyclic) bond motifs is 1. The van der Waals surface area contributed by atoms with Gasteiger partial charge in [0, 0.05) is 11.9 Å². The van der Waals surface area contributed by atoms with E-state index in [1.165, 1.54) is 4.57 Å². The summed E-state index contributed by atoms with van der Waals surface area (Å²) in [4.78, 5) is 23.1. The fourth-order valence-corrected chi connectivity index (χ4v) is 2.16. The van der Waals surface area contributed by atoms with Crippen LogP contribution in [-0.2, 0) is 6.54 Å². The highest BCUT2D eigenvalue weighted by Gasteiger charge is 2.21. The molecule has 18 heavy (non-hydrogen) atoms. The van der Waals surface area contributed by atoms with E-state index in [1.54, 1.807) is 32.0 Å². The molecule has 94 valence electrons. The van der Waals surface area contributed by atoms with Gasteiger partial charge in [0.05, 0.1) is 5.52 Å². The van der Waals surface area contributed by atoms with Crippen LogP contribution in [0, 0.1) is 6.92 Å². The van der Waals surface area contributed by atoms with Crippen LogP contribution in [0.15, 0.2) is 23.0 Å².